The Kier molecular flexibility index (Phi) is 4.67. The van der Waals surface area contributed by atoms with Crippen LogP contribution in [0.15, 0.2) is 22.7 Å². The van der Waals surface area contributed by atoms with E-state index in [2.05, 4.69) is 31.9 Å². The van der Waals surface area contributed by atoms with Crippen LogP contribution in [0.4, 0.5) is 13.2 Å². The van der Waals surface area contributed by atoms with Crippen molar-refractivity contribution in [3.63, 3.8) is 0 Å². The normalized spacial score (nSPS) is 13.6. The second kappa shape index (κ2) is 5.40. The van der Waals surface area contributed by atoms with Crippen LogP contribution in [-0.4, -0.2) is 13.3 Å². The van der Waals surface area contributed by atoms with Crippen LogP contribution in [0, 0.1) is 0 Å². The fraction of sp³-hybridized carbons (Fsp3) is 0.400. The molecule has 0 radical (unpaired) electrons. The highest BCUT2D eigenvalue weighted by atomic mass is 79.9. The van der Waals surface area contributed by atoms with E-state index in [0.717, 1.165) is 0 Å². The Bertz CT molecular complexity index is 366. The zero-order valence-corrected chi connectivity index (χ0v) is 11.5. The number of rotatable bonds is 3. The maximum Gasteiger partial charge on any atom is 0.390 e. The first kappa shape index (κ1) is 13.8. The molecule has 0 bridgehead atoms. The predicted molar refractivity (Wildman–Crippen MR) is 63.0 cm³/mol. The van der Waals surface area contributed by atoms with Crippen LogP contribution in [0.1, 0.15) is 16.8 Å². The molecule has 0 amide bonds. The third kappa shape index (κ3) is 3.97. The maximum atomic E-state index is 12.2. The first-order valence-corrected chi connectivity index (χ1v) is 6.08. The molecule has 0 saturated heterocycles. The zero-order valence-electron chi connectivity index (χ0n) is 8.31. The third-order valence-corrected chi connectivity index (χ3v) is 3.46. The van der Waals surface area contributed by atoms with Gasteiger partial charge in [-0.2, -0.15) is 13.2 Å². The van der Waals surface area contributed by atoms with Gasteiger partial charge in [0.15, 0.2) is 0 Å². The topological polar surface area (TPSA) is 9.23 Å². The number of ether oxygens (including phenoxy) is 1. The van der Waals surface area contributed by atoms with Crippen molar-refractivity contribution in [2.45, 2.75) is 17.4 Å². The monoisotopic (exact) mass is 360 g/mol. The van der Waals surface area contributed by atoms with Gasteiger partial charge in [0.1, 0.15) is 5.75 Å². The molecule has 0 aromatic heterocycles. The smallest absolute Gasteiger partial charge is 0.390 e. The molecule has 16 heavy (non-hydrogen) atoms. The van der Waals surface area contributed by atoms with Gasteiger partial charge in [-0.05, 0) is 17.7 Å². The number of halogens is 5. The summed E-state index contributed by atoms with van der Waals surface area (Å²) in [4.78, 5) is -0.757. The van der Waals surface area contributed by atoms with Gasteiger partial charge in [0.25, 0.3) is 0 Å². The number of methoxy groups -OCH3 is 1. The van der Waals surface area contributed by atoms with Crippen LogP contribution in [0.5, 0.6) is 5.75 Å². The standard InChI is InChI=1S/C10H9Br2F3O/c1-16-6-2-3-7(8(11)4-6)9(12)5-10(13,14)15/h2-4,9H,5H2,1H3. The molecule has 1 atom stereocenters. The van der Waals surface area contributed by atoms with Crippen LogP contribution in [-0.2, 0) is 0 Å². The van der Waals surface area contributed by atoms with E-state index >= 15 is 0 Å². The number of benzene rings is 1. The lowest BCUT2D eigenvalue weighted by molar-refractivity contribution is -0.134. The number of hydrogen-bond donors (Lipinski definition) is 0. The fourth-order valence-electron chi connectivity index (χ4n) is 1.20. The molecule has 1 unspecified atom stereocenters. The van der Waals surface area contributed by atoms with Gasteiger partial charge in [-0.1, -0.05) is 37.9 Å². The van der Waals surface area contributed by atoms with E-state index in [1.165, 1.54) is 7.11 Å². The number of alkyl halides is 4. The van der Waals surface area contributed by atoms with E-state index in [1.807, 2.05) is 0 Å². The van der Waals surface area contributed by atoms with Crippen molar-refractivity contribution in [3.8, 4) is 5.75 Å². The summed E-state index contributed by atoms with van der Waals surface area (Å²) in [6.07, 6.45) is -5.09. The van der Waals surface area contributed by atoms with E-state index in [1.54, 1.807) is 18.2 Å². The molecule has 0 spiro atoms. The van der Waals surface area contributed by atoms with Crippen LogP contribution >= 0.6 is 31.9 Å². The highest BCUT2D eigenvalue weighted by Crippen LogP contribution is 2.39. The van der Waals surface area contributed by atoms with E-state index < -0.39 is 17.4 Å². The summed E-state index contributed by atoms with van der Waals surface area (Å²) in [7, 11) is 1.50. The predicted octanol–water partition coefficient (Wildman–Crippen LogP) is 4.85. The van der Waals surface area contributed by atoms with Crippen LogP contribution < -0.4 is 4.74 Å². The summed E-state index contributed by atoms with van der Waals surface area (Å²) in [5, 5.41) is 0. The summed E-state index contributed by atoms with van der Waals surface area (Å²) >= 11 is 6.25. The van der Waals surface area contributed by atoms with E-state index in [0.29, 0.717) is 15.8 Å². The third-order valence-electron chi connectivity index (χ3n) is 1.96. The lowest BCUT2D eigenvalue weighted by Gasteiger charge is -2.15. The average Bonchev–Trinajstić information content (AvgIpc) is 2.14. The van der Waals surface area contributed by atoms with Crippen LogP contribution in [0.3, 0.4) is 0 Å². The summed E-state index contributed by atoms with van der Waals surface area (Å²) in [5.74, 6) is 0.599. The fourth-order valence-corrected chi connectivity index (χ4v) is 2.91. The summed E-state index contributed by atoms with van der Waals surface area (Å²) in [6.45, 7) is 0. The lowest BCUT2D eigenvalue weighted by Crippen LogP contribution is -2.10. The molecular formula is C10H9Br2F3O. The molecule has 0 N–H and O–H groups in total. The molecule has 1 rings (SSSR count). The van der Waals surface area contributed by atoms with Crippen molar-refractivity contribution in [3.05, 3.63) is 28.2 Å². The molecule has 0 heterocycles. The van der Waals surface area contributed by atoms with Crippen molar-refractivity contribution >= 4 is 31.9 Å². The van der Waals surface area contributed by atoms with Crippen LogP contribution in [0.25, 0.3) is 0 Å². The SMILES string of the molecule is COc1ccc(C(Br)CC(F)(F)F)c(Br)c1. The molecule has 0 aliphatic heterocycles. The van der Waals surface area contributed by atoms with Crippen molar-refractivity contribution in [1.29, 1.82) is 0 Å². The van der Waals surface area contributed by atoms with Crippen molar-refractivity contribution in [2.24, 2.45) is 0 Å². The van der Waals surface area contributed by atoms with Gasteiger partial charge in [0.2, 0.25) is 0 Å². The number of hydrogen-bond acceptors (Lipinski definition) is 1. The first-order chi connectivity index (χ1) is 7.33. The van der Waals surface area contributed by atoms with E-state index in [9.17, 15) is 13.2 Å². The molecule has 1 aromatic rings. The van der Waals surface area contributed by atoms with Gasteiger partial charge in [-0.15, -0.1) is 0 Å². The summed E-state index contributed by atoms with van der Waals surface area (Å²) < 4.78 is 42.2. The molecular weight excluding hydrogens is 353 g/mol. The van der Waals surface area contributed by atoms with Crippen molar-refractivity contribution in [1.82, 2.24) is 0 Å². The van der Waals surface area contributed by atoms with E-state index in [-0.39, 0.29) is 0 Å². The molecule has 0 aliphatic rings. The molecule has 0 aliphatic carbocycles. The minimum absolute atomic E-state index is 0.554. The van der Waals surface area contributed by atoms with Crippen molar-refractivity contribution in [2.75, 3.05) is 7.11 Å². The van der Waals surface area contributed by atoms with Gasteiger partial charge in [-0.3, -0.25) is 0 Å². The minimum Gasteiger partial charge on any atom is -0.497 e. The van der Waals surface area contributed by atoms with Gasteiger partial charge >= 0.3 is 6.18 Å². The maximum absolute atomic E-state index is 12.2. The molecule has 1 nitrogen and oxygen atoms in total. The summed E-state index contributed by atoms with van der Waals surface area (Å²) in [6, 6.07) is 4.87. The van der Waals surface area contributed by atoms with Crippen molar-refractivity contribution < 1.29 is 17.9 Å². The molecule has 0 fully saturated rings. The Balaban J connectivity index is 2.88. The largest absolute Gasteiger partial charge is 0.497 e. The zero-order chi connectivity index (χ0) is 12.3. The second-order valence-electron chi connectivity index (χ2n) is 3.17. The Morgan fingerprint density at radius 3 is 2.44 bits per heavy atom. The Labute approximate surface area is 108 Å². The lowest BCUT2D eigenvalue weighted by atomic mass is 10.1. The first-order valence-electron chi connectivity index (χ1n) is 4.38. The summed E-state index contributed by atoms with van der Waals surface area (Å²) in [5.41, 5.74) is 0.554. The van der Waals surface area contributed by atoms with Gasteiger partial charge in [-0.25, -0.2) is 0 Å². The Morgan fingerprint density at radius 2 is 2.00 bits per heavy atom. The Morgan fingerprint density at radius 1 is 1.38 bits per heavy atom. The van der Waals surface area contributed by atoms with E-state index in [4.69, 9.17) is 4.74 Å². The van der Waals surface area contributed by atoms with Crippen LogP contribution in [0.2, 0.25) is 0 Å². The molecule has 0 saturated carbocycles. The molecule has 90 valence electrons. The minimum atomic E-state index is -4.19. The second-order valence-corrected chi connectivity index (χ2v) is 5.13. The van der Waals surface area contributed by atoms with Gasteiger partial charge in [0, 0.05) is 9.30 Å². The average molecular weight is 362 g/mol. The van der Waals surface area contributed by atoms with Gasteiger partial charge < -0.3 is 4.74 Å². The van der Waals surface area contributed by atoms with Gasteiger partial charge in [0.05, 0.1) is 13.5 Å². The highest BCUT2D eigenvalue weighted by molar-refractivity contribution is 9.11. The highest BCUT2D eigenvalue weighted by Gasteiger charge is 2.32. The Hall–Kier alpha value is -0.230. The molecule has 6 heteroatoms. The molecule has 1 aromatic carbocycles. The quantitative estimate of drug-likeness (QED) is 0.699.